The summed E-state index contributed by atoms with van der Waals surface area (Å²) >= 11 is 0. The first-order valence-corrected chi connectivity index (χ1v) is 4.66. The fraction of sp³-hybridized carbons (Fsp3) is 0.300. The maximum absolute atomic E-state index is 12.0. The molecule has 16 heavy (non-hydrogen) atoms. The number of ether oxygens (including phenoxy) is 2. The van der Waals surface area contributed by atoms with E-state index in [9.17, 15) is 13.6 Å². The molecule has 1 aromatic carbocycles. The Balaban J connectivity index is 2.24. The highest BCUT2D eigenvalue weighted by molar-refractivity contribution is 5.93. The summed E-state index contributed by atoms with van der Waals surface area (Å²) < 4.78 is 33.4. The van der Waals surface area contributed by atoms with E-state index < -0.39 is 6.61 Å². The average Bonchev–Trinajstić information content (AvgIpc) is 2.37. The van der Waals surface area contributed by atoms with Crippen LogP contribution in [-0.4, -0.2) is 19.1 Å². The van der Waals surface area contributed by atoms with Gasteiger partial charge < -0.3 is 14.8 Å². The molecular weight excluding hydrogens is 220 g/mol. The maximum atomic E-state index is 12.0. The SMILES string of the molecule is O=C1CCOc2cc(OC(F)F)ccc2N1. The molecule has 2 rings (SSSR count). The first-order chi connectivity index (χ1) is 7.65. The number of halogens is 2. The zero-order valence-electron chi connectivity index (χ0n) is 8.20. The van der Waals surface area contributed by atoms with Gasteiger partial charge in [0.1, 0.15) is 11.5 Å². The standard InChI is InChI=1S/C10H9F2NO3/c11-10(12)16-6-1-2-7-8(5-6)15-4-3-9(14)13-7/h1-2,5,10H,3-4H2,(H,13,14). The van der Waals surface area contributed by atoms with E-state index in [2.05, 4.69) is 10.1 Å². The Kier molecular flexibility index (Phi) is 2.89. The molecule has 1 aliphatic heterocycles. The first kappa shape index (κ1) is 10.7. The molecule has 1 heterocycles. The van der Waals surface area contributed by atoms with Crippen molar-refractivity contribution in [1.82, 2.24) is 0 Å². The molecule has 86 valence electrons. The van der Waals surface area contributed by atoms with Gasteiger partial charge in [-0.25, -0.2) is 0 Å². The van der Waals surface area contributed by atoms with Gasteiger partial charge >= 0.3 is 6.61 Å². The number of nitrogens with one attached hydrogen (secondary N) is 1. The summed E-state index contributed by atoms with van der Waals surface area (Å²) in [5.41, 5.74) is 0.462. The minimum Gasteiger partial charge on any atom is -0.491 e. The number of amides is 1. The third-order valence-electron chi connectivity index (χ3n) is 2.04. The molecule has 0 bridgehead atoms. The van der Waals surface area contributed by atoms with Crippen LogP contribution in [0.3, 0.4) is 0 Å². The lowest BCUT2D eigenvalue weighted by Gasteiger charge is -2.09. The van der Waals surface area contributed by atoms with E-state index in [1.807, 2.05) is 0 Å². The molecule has 1 aliphatic rings. The minimum atomic E-state index is -2.88. The number of hydrogen-bond acceptors (Lipinski definition) is 3. The van der Waals surface area contributed by atoms with Crippen LogP contribution in [-0.2, 0) is 4.79 Å². The van der Waals surface area contributed by atoms with E-state index in [1.165, 1.54) is 18.2 Å². The largest absolute Gasteiger partial charge is 0.491 e. The van der Waals surface area contributed by atoms with Crippen LogP contribution < -0.4 is 14.8 Å². The summed E-state index contributed by atoms with van der Waals surface area (Å²) in [7, 11) is 0. The Hall–Kier alpha value is -1.85. The average molecular weight is 229 g/mol. The highest BCUT2D eigenvalue weighted by Crippen LogP contribution is 2.31. The van der Waals surface area contributed by atoms with Crippen molar-refractivity contribution >= 4 is 11.6 Å². The number of benzene rings is 1. The van der Waals surface area contributed by atoms with Gasteiger partial charge in [-0.15, -0.1) is 0 Å². The molecule has 0 spiro atoms. The molecule has 1 amide bonds. The van der Waals surface area contributed by atoms with Crippen molar-refractivity contribution in [2.75, 3.05) is 11.9 Å². The number of hydrogen-bond donors (Lipinski definition) is 1. The van der Waals surface area contributed by atoms with Gasteiger partial charge in [0.05, 0.1) is 18.7 Å². The second-order valence-corrected chi connectivity index (χ2v) is 3.18. The van der Waals surface area contributed by atoms with Crippen LogP contribution in [0.15, 0.2) is 18.2 Å². The van der Waals surface area contributed by atoms with Crippen LogP contribution in [0.5, 0.6) is 11.5 Å². The Morgan fingerprint density at radius 1 is 1.44 bits per heavy atom. The number of carbonyl (C=O) groups is 1. The van der Waals surface area contributed by atoms with Gasteiger partial charge in [0.25, 0.3) is 0 Å². The fourth-order valence-corrected chi connectivity index (χ4v) is 1.37. The smallest absolute Gasteiger partial charge is 0.387 e. The van der Waals surface area contributed by atoms with E-state index >= 15 is 0 Å². The molecule has 6 heteroatoms. The van der Waals surface area contributed by atoms with Crippen LogP contribution in [0.2, 0.25) is 0 Å². The van der Waals surface area contributed by atoms with Gasteiger partial charge in [0.2, 0.25) is 5.91 Å². The van der Waals surface area contributed by atoms with Gasteiger partial charge in [-0.3, -0.25) is 4.79 Å². The number of carbonyl (C=O) groups excluding carboxylic acids is 1. The van der Waals surface area contributed by atoms with Crippen LogP contribution in [0.25, 0.3) is 0 Å². The molecule has 0 aromatic heterocycles. The lowest BCUT2D eigenvalue weighted by Crippen LogP contribution is -2.10. The van der Waals surface area contributed by atoms with Gasteiger partial charge in [-0.1, -0.05) is 0 Å². The topological polar surface area (TPSA) is 47.6 Å². The minimum absolute atomic E-state index is 0.00454. The van der Waals surface area contributed by atoms with Gasteiger partial charge in [-0.05, 0) is 12.1 Å². The van der Waals surface area contributed by atoms with Crippen LogP contribution in [0.4, 0.5) is 14.5 Å². The Morgan fingerprint density at radius 3 is 3.00 bits per heavy atom. The summed E-state index contributed by atoms with van der Waals surface area (Å²) in [6.07, 6.45) is 0.236. The van der Waals surface area contributed by atoms with Gasteiger partial charge in [0.15, 0.2) is 0 Å². The maximum Gasteiger partial charge on any atom is 0.387 e. The number of anilines is 1. The molecule has 0 saturated heterocycles. The molecule has 0 radical (unpaired) electrons. The van der Waals surface area contributed by atoms with Gasteiger partial charge in [-0.2, -0.15) is 8.78 Å². The van der Waals surface area contributed by atoms with Crippen molar-refractivity contribution in [2.24, 2.45) is 0 Å². The van der Waals surface area contributed by atoms with E-state index in [0.717, 1.165) is 0 Å². The molecule has 0 unspecified atom stereocenters. The summed E-state index contributed by atoms with van der Waals surface area (Å²) in [5.74, 6) is 0.176. The Morgan fingerprint density at radius 2 is 2.25 bits per heavy atom. The Bertz CT molecular complexity index is 409. The molecular formula is C10H9F2NO3. The van der Waals surface area contributed by atoms with Crippen molar-refractivity contribution in [2.45, 2.75) is 13.0 Å². The molecule has 1 aromatic rings. The van der Waals surface area contributed by atoms with Crippen molar-refractivity contribution < 1.29 is 23.0 Å². The van der Waals surface area contributed by atoms with E-state index in [1.54, 1.807) is 0 Å². The van der Waals surface area contributed by atoms with E-state index in [0.29, 0.717) is 11.4 Å². The van der Waals surface area contributed by atoms with Crippen molar-refractivity contribution in [3.05, 3.63) is 18.2 Å². The van der Waals surface area contributed by atoms with Gasteiger partial charge in [0, 0.05) is 6.07 Å². The monoisotopic (exact) mass is 229 g/mol. The zero-order chi connectivity index (χ0) is 11.5. The molecule has 0 fully saturated rings. The number of fused-ring (bicyclic) bond motifs is 1. The van der Waals surface area contributed by atoms with Crippen molar-refractivity contribution in [3.8, 4) is 11.5 Å². The second kappa shape index (κ2) is 4.34. The predicted octanol–water partition coefficient (Wildman–Crippen LogP) is 2.01. The highest BCUT2D eigenvalue weighted by atomic mass is 19.3. The zero-order valence-corrected chi connectivity index (χ0v) is 8.20. The number of rotatable bonds is 2. The first-order valence-electron chi connectivity index (χ1n) is 4.66. The molecule has 4 nitrogen and oxygen atoms in total. The molecule has 0 saturated carbocycles. The number of alkyl halides is 2. The third-order valence-corrected chi connectivity index (χ3v) is 2.04. The van der Waals surface area contributed by atoms with Crippen molar-refractivity contribution in [3.63, 3.8) is 0 Å². The molecule has 0 aliphatic carbocycles. The summed E-state index contributed by atoms with van der Waals surface area (Å²) in [6.45, 7) is -2.66. The molecule has 1 N–H and O–H groups in total. The van der Waals surface area contributed by atoms with Crippen LogP contribution >= 0.6 is 0 Å². The highest BCUT2D eigenvalue weighted by Gasteiger charge is 2.15. The predicted molar refractivity (Wildman–Crippen MR) is 51.8 cm³/mol. The summed E-state index contributed by atoms with van der Waals surface area (Å²) in [4.78, 5) is 11.2. The molecule has 0 atom stereocenters. The van der Waals surface area contributed by atoms with E-state index in [4.69, 9.17) is 4.74 Å². The second-order valence-electron chi connectivity index (χ2n) is 3.18. The summed E-state index contributed by atoms with van der Waals surface area (Å²) in [6, 6.07) is 4.14. The lowest BCUT2D eigenvalue weighted by atomic mass is 10.2. The van der Waals surface area contributed by atoms with Crippen LogP contribution in [0.1, 0.15) is 6.42 Å². The summed E-state index contributed by atoms with van der Waals surface area (Å²) in [5, 5.41) is 2.60. The normalized spacial score (nSPS) is 14.8. The third kappa shape index (κ3) is 2.39. The lowest BCUT2D eigenvalue weighted by molar-refractivity contribution is -0.116. The van der Waals surface area contributed by atoms with Crippen LogP contribution in [0, 0.1) is 0 Å². The van der Waals surface area contributed by atoms with Crippen molar-refractivity contribution in [1.29, 1.82) is 0 Å². The quantitative estimate of drug-likeness (QED) is 0.843. The Labute approximate surface area is 90.2 Å². The van der Waals surface area contributed by atoms with E-state index in [-0.39, 0.29) is 24.7 Å². The fourth-order valence-electron chi connectivity index (χ4n) is 1.37.